The van der Waals surface area contributed by atoms with Crippen LogP contribution in [0.4, 0.5) is 5.69 Å². The van der Waals surface area contributed by atoms with Gasteiger partial charge in [0.15, 0.2) is 6.61 Å². The lowest BCUT2D eigenvalue weighted by molar-refractivity contribution is -0.144. The molecule has 0 N–H and O–H groups in total. The lowest BCUT2D eigenvalue weighted by Crippen LogP contribution is -2.42. The first-order valence-electron chi connectivity index (χ1n) is 9.68. The summed E-state index contributed by atoms with van der Waals surface area (Å²) >= 11 is 0. The van der Waals surface area contributed by atoms with Crippen LogP contribution in [0.15, 0.2) is 48.5 Å². The highest BCUT2D eigenvalue weighted by Crippen LogP contribution is 2.31. The Morgan fingerprint density at radius 2 is 1.72 bits per heavy atom. The van der Waals surface area contributed by atoms with Gasteiger partial charge in [-0.2, -0.15) is 0 Å². The van der Waals surface area contributed by atoms with Crippen LogP contribution >= 0.6 is 0 Å². The maximum Gasteiger partial charge on any atom is 0.326 e. The smallest absolute Gasteiger partial charge is 0.326 e. The van der Waals surface area contributed by atoms with Gasteiger partial charge in [0.05, 0.1) is 5.69 Å². The van der Waals surface area contributed by atoms with E-state index in [9.17, 15) is 14.4 Å². The van der Waals surface area contributed by atoms with Crippen molar-refractivity contribution in [2.24, 2.45) is 0 Å². The fourth-order valence-electron chi connectivity index (χ4n) is 3.51. The first-order chi connectivity index (χ1) is 14.1. The average molecular weight is 394 g/mol. The molecule has 1 saturated heterocycles. The van der Waals surface area contributed by atoms with Gasteiger partial charge in [-0.05, 0) is 42.7 Å². The van der Waals surface area contributed by atoms with Crippen molar-refractivity contribution in [3.8, 4) is 5.75 Å². The molecule has 0 saturated carbocycles. The average Bonchev–Trinajstić information content (AvgIpc) is 3.29. The number of nitrogens with zero attached hydrogens (tertiary/aromatic N) is 2. The minimum Gasteiger partial charge on any atom is -0.482 e. The molecule has 0 unspecified atom stereocenters. The van der Waals surface area contributed by atoms with E-state index in [1.165, 1.54) is 4.90 Å². The second-order valence-corrected chi connectivity index (χ2v) is 7.09. The van der Waals surface area contributed by atoms with Crippen LogP contribution in [0, 0.1) is 0 Å². The zero-order valence-corrected chi connectivity index (χ0v) is 16.0. The number of amides is 2. The van der Waals surface area contributed by atoms with Crippen LogP contribution < -0.4 is 9.64 Å². The maximum atomic E-state index is 12.4. The van der Waals surface area contributed by atoms with Crippen LogP contribution in [-0.4, -0.2) is 48.9 Å². The highest BCUT2D eigenvalue weighted by molar-refractivity contribution is 6.01. The molecule has 2 amide bonds. The zero-order valence-electron chi connectivity index (χ0n) is 16.0. The van der Waals surface area contributed by atoms with Crippen LogP contribution in [0.25, 0.3) is 0 Å². The van der Waals surface area contributed by atoms with Gasteiger partial charge < -0.3 is 14.4 Å². The zero-order chi connectivity index (χ0) is 20.2. The Bertz CT molecular complexity index is 919. The number of fused-ring (bicyclic) bond motifs is 1. The minimum atomic E-state index is -0.507. The molecule has 0 bridgehead atoms. The van der Waals surface area contributed by atoms with Crippen LogP contribution in [0.5, 0.6) is 5.75 Å². The summed E-state index contributed by atoms with van der Waals surface area (Å²) in [6, 6.07) is 14.2. The van der Waals surface area contributed by atoms with Crippen LogP contribution in [-0.2, 0) is 20.9 Å². The molecule has 2 aromatic carbocycles. The molecule has 2 aliphatic heterocycles. The van der Waals surface area contributed by atoms with Crippen molar-refractivity contribution in [2.75, 3.05) is 31.1 Å². The van der Waals surface area contributed by atoms with Gasteiger partial charge in [0, 0.05) is 18.7 Å². The number of carbonyl (C=O) groups is 3. The Labute approximate surface area is 168 Å². The van der Waals surface area contributed by atoms with Gasteiger partial charge in [0.25, 0.3) is 11.8 Å². The number of hydrogen-bond acceptors (Lipinski definition) is 5. The summed E-state index contributed by atoms with van der Waals surface area (Å²) in [4.78, 5) is 40.0. The fraction of sp³-hybridized carbons (Fsp3) is 0.318. The van der Waals surface area contributed by atoms with E-state index in [0.29, 0.717) is 17.0 Å². The van der Waals surface area contributed by atoms with Crippen molar-refractivity contribution in [3.63, 3.8) is 0 Å². The molecule has 2 aliphatic rings. The number of anilines is 1. The molecular weight excluding hydrogens is 372 g/mol. The van der Waals surface area contributed by atoms with E-state index in [-0.39, 0.29) is 31.6 Å². The third-order valence-corrected chi connectivity index (χ3v) is 5.09. The quantitative estimate of drug-likeness (QED) is 0.728. The van der Waals surface area contributed by atoms with E-state index in [2.05, 4.69) is 0 Å². The summed E-state index contributed by atoms with van der Waals surface area (Å²) in [7, 11) is 0. The summed E-state index contributed by atoms with van der Waals surface area (Å²) < 4.78 is 10.7. The number of hydrogen-bond donors (Lipinski definition) is 0. The van der Waals surface area contributed by atoms with Crippen molar-refractivity contribution in [1.29, 1.82) is 0 Å². The first-order valence-corrected chi connectivity index (χ1v) is 9.68. The third kappa shape index (κ3) is 4.23. The molecule has 7 heteroatoms. The number of ether oxygens (including phenoxy) is 2. The molecule has 0 spiro atoms. The summed E-state index contributed by atoms with van der Waals surface area (Å²) in [6.07, 6.45) is 2.10. The first kappa shape index (κ1) is 19.0. The van der Waals surface area contributed by atoms with E-state index < -0.39 is 5.97 Å². The maximum absolute atomic E-state index is 12.4. The van der Waals surface area contributed by atoms with E-state index in [1.807, 2.05) is 11.0 Å². The largest absolute Gasteiger partial charge is 0.482 e. The van der Waals surface area contributed by atoms with Crippen LogP contribution in [0.1, 0.15) is 28.8 Å². The van der Waals surface area contributed by atoms with Crippen molar-refractivity contribution in [2.45, 2.75) is 19.4 Å². The molecule has 7 nitrogen and oxygen atoms in total. The molecule has 0 aromatic heterocycles. The van der Waals surface area contributed by atoms with Crippen molar-refractivity contribution in [3.05, 3.63) is 59.7 Å². The number of rotatable bonds is 5. The predicted octanol–water partition coefficient (Wildman–Crippen LogP) is 2.39. The lowest BCUT2D eigenvalue weighted by atomic mass is 10.1. The van der Waals surface area contributed by atoms with E-state index in [4.69, 9.17) is 9.47 Å². The van der Waals surface area contributed by atoms with Crippen LogP contribution in [0.2, 0.25) is 0 Å². The molecule has 4 rings (SSSR count). The van der Waals surface area contributed by atoms with Crippen molar-refractivity contribution in [1.82, 2.24) is 4.90 Å². The fourth-order valence-corrected chi connectivity index (χ4v) is 3.51. The number of likely N-dealkylation sites (tertiary alicyclic amines) is 1. The van der Waals surface area contributed by atoms with Crippen LogP contribution in [0.3, 0.4) is 0 Å². The summed E-state index contributed by atoms with van der Waals surface area (Å²) in [5.74, 6) is -0.189. The Kier molecular flexibility index (Phi) is 5.46. The lowest BCUT2D eigenvalue weighted by Gasteiger charge is -2.28. The number of benzene rings is 2. The van der Waals surface area contributed by atoms with Gasteiger partial charge in [-0.15, -0.1) is 0 Å². The number of para-hydroxylation sites is 2. The summed E-state index contributed by atoms with van der Waals surface area (Å²) in [5.41, 5.74) is 1.98. The molecule has 0 atom stereocenters. The molecule has 29 heavy (non-hydrogen) atoms. The molecule has 0 aliphatic carbocycles. The summed E-state index contributed by atoms with van der Waals surface area (Å²) in [5, 5.41) is 0. The number of esters is 1. The van der Waals surface area contributed by atoms with E-state index in [0.717, 1.165) is 31.5 Å². The predicted molar refractivity (Wildman–Crippen MR) is 106 cm³/mol. The summed E-state index contributed by atoms with van der Waals surface area (Å²) in [6.45, 7) is 1.42. The van der Waals surface area contributed by atoms with Gasteiger partial charge in [-0.3, -0.25) is 19.3 Å². The Balaban J connectivity index is 1.33. The number of carbonyl (C=O) groups excluding carboxylic acids is 3. The van der Waals surface area contributed by atoms with Crippen molar-refractivity contribution >= 4 is 23.5 Å². The third-order valence-electron chi connectivity index (χ3n) is 5.09. The topological polar surface area (TPSA) is 76.1 Å². The van der Waals surface area contributed by atoms with Gasteiger partial charge in [-0.1, -0.05) is 24.3 Å². The second-order valence-electron chi connectivity index (χ2n) is 7.09. The molecule has 1 fully saturated rings. The molecule has 150 valence electrons. The van der Waals surface area contributed by atoms with Gasteiger partial charge in [0.1, 0.15) is 18.9 Å². The normalized spacial score (nSPS) is 15.7. The Morgan fingerprint density at radius 1 is 1.00 bits per heavy atom. The molecular formula is C22H22N2O5. The minimum absolute atomic E-state index is 0.0375. The van der Waals surface area contributed by atoms with Gasteiger partial charge in [0.2, 0.25) is 0 Å². The van der Waals surface area contributed by atoms with E-state index >= 15 is 0 Å². The van der Waals surface area contributed by atoms with Gasteiger partial charge in [-0.25, -0.2) is 0 Å². The highest BCUT2D eigenvalue weighted by Gasteiger charge is 2.27. The standard InChI is InChI=1S/C22H22N2O5/c25-20-15-28-19-6-2-1-5-18(19)24(20)13-21(26)29-14-16-7-9-17(10-8-16)22(27)23-11-3-4-12-23/h1-2,5-10H,3-4,11-15H2. The van der Waals surface area contributed by atoms with E-state index in [1.54, 1.807) is 42.5 Å². The van der Waals surface area contributed by atoms with Crippen molar-refractivity contribution < 1.29 is 23.9 Å². The molecule has 0 radical (unpaired) electrons. The SMILES string of the molecule is O=C(CN1C(=O)COc2ccccc21)OCc1ccc(C(=O)N2CCCC2)cc1. The van der Waals surface area contributed by atoms with Gasteiger partial charge >= 0.3 is 5.97 Å². The Morgan fingerprint density at radius 3 is 2.48 bits per heavy atom. The molecule has 2 heterocycles. The Hall–Kier alpha value is -3.35. The monoisotopic (exact) mass is 394 g/mol. The highest BCUT2D eigenvalue weighted by atomic mass is 16.5. The second kappa shape index (κ2) is 8.34. The molecule has 2 aromatic rings.